The summed E-state index contributed by atoms with van der Waals surface area (Å²) in [6, 6.07) is 11.9. The fourth-order valence-electron chi connectivity index (χ4n) is 2.44. The lowest BCUT2D eigenvalue weighted by Gasteiger charge is -2.13. The summed E-state index contributed by atoms with van der Waals surface area (Å²) < 4.78 is 7.05. The van der Waals surface area contributed by atoms with Gasteiger partial charge in [-0.2, -0.15) is 0 Å². The van der Waals surface area contributed by atoms with E-state index in [9.17, 15) is 0 Å². The topological polar surface area (TPSA) is 76.4 Å². The summed E-state index contributed by atoms with van der Waals surface area (Å²) in [4.78, 5) is 12.7. The molecule has 2 aromatic heterocycles. The van der Waals surface area contributed by atoms with Gasteiger partial charge in [-0.1, -0.05) is 12.1 Å². The van der Waals surface area contributed by atoms with Gasteiger partial charge in [0.15, 0.2) is 5.96 Å². The molecule has 1 aromatic carbocycles. The highest BCUT2D eigenvalue weighted by Crippen LogP contribution is 2.11. The molecule has 0 aliphatic carbocycles. The lowest BCUT2D eigenvalue weighted by molar-refractivity contribution is 0.414. The number of methoxy groups -OCH3 is 1. The average Bonchev–Trinajstić information content (AvgIpc) is 3.24. The molecular formula is C19H22N6O. The maximum Gasteiger partial charge on any atom is 0.191 e. The van der Waals surface area contributed by atoms with Gasteiger partial charge in [-0.25, -0.2) is 9.97 Å². The number of aliphatic imine (C=N–C) groups is 1. The summed E-state index contributed by atoms with van der Waals surface area (Å²) in [5.74, 6) is 2.42. The summed E-state index contributed by atoms with van der Waals surface area (Å²) >= 11 is 0. The number of hydrogen-bond acceptors (Lipinski definition) is 4. The molecule has 2 N–H and O–H groups in total. The van der Waals surface area contributed by atoms with Crippen molar-refractivity contribution in [2.24, 2.45) is 4.99 Å². The van der Waals surface area contributed by atoms with Crippen LogP contribution in [-0.2, 0) is 13.1 Å². The van der Waals surface area contributed by atoms with E-state index in [0.29, 0.717) is 13.1 Å². The second-order valence-electron chi connectivity index (χ2n) is 5.62. The number of nitrogens with one attached hydrogen (secondary N) is 2. The van der Waals surface area contributed by atoms with E-state index < -0.39 is 0 Å². The van der Waals surface area contributed by atoms with E-state index >= 15 is 0 Å². The normalized spacial score (nSPS) is 11.2. The smallest absolute Gasteiger partial charge is 0.191 e. The fraction of sp³-hybridized carbons (Fsp3) is 0.211. The molecule has 0 amide bonds. The predicted molar refractivity (Wildman–Crippen MR) is 101 cm³/mol. The monoisotopic (exact) mass is 350 g/mol. The largest absolute Gasteiger partial charge is 0.497 e. The second-order valence-corrected chi connectivity index (χ2v) is 5.62. The number of benzene rings is 1. The SMILES string of the molecule is CN=C(NCc1ccc(OC)cc1)NCc1ccnc(-n2ccnc2)c1. The van der Waals surface area contributed by atoms with Crippen molar-refractivity contribution in [3.63, 3.8) is 0 Å². The summed E-state index contributed by atoms with van der Waals surface area (Å²) in [6.45, 7) is 1.33. The Morgan fingerprint density at radius 2 is 1.85 bits per heavy atom. The Morgan fingerprint density at radius 3 is 2.50 bits per heavy atom. The first kappa shape index (κ1) is 17.5. The van der Waals surface area contributed by atoms with E-state index in [0.717, 1.165) is 28.7 Å². The Morgan fingerprint density at radius 1 is 1.08 bits per heavy atom. The molecule has 3 rings (SSSR count). The minimum Gasteiger partial charge on any atom is -0.497 e. The first-order chi connectivity index (χ1) is 12.8. The molecule has 0 radical (unpaired) electrons. The van der Waals surface area contributed by atoms with Crippen LogP contribution in [0.1, 0.15) is 11.1 Å². The van der Waals surface area contributed by atoms with Gasteiger partial charge < -0.3 is 15.4 Å². The third kappa shape index (κ3) is 4.60. The third-order valence-electron chi connectivity index (χ3n) is 3.88. The van der Waals surface area contributed by atoms with E-state index in [1.807, 2.05) is 47.2 Å². The van der Waals surface area contributed by atoms with Crippen LogP contribution in [0.4, 0.5) is 0 Å². The molecule has 0 aliphatic rings. The Hall–Kier alpha value is -3.35. The number of nitrogens with zero attached hydrogens (tertiary/aromatic N) is 4. The number of guanidine groups is 1. The molecule has 0 bridgehead atoms. The van der Waals surface area contributed by atoms with Gasteiger partial charge in [0, 0.05) is 38.7 Å². The zero-order valence-electron chi connectivity index (χ0n) is 14.9. The molecule has 0 atom stereocenters. The Bertz CT molecular complexity index is 843. The van der Waals surface area contributed by atoms with Crippen LogP contribution in [-0.4, -0.2) is 34.7 Å². The first-order valence-electron chi connectivity index (χ1n) is 8.29. The van der Waals surface area contributed by atoms with Crippen LogP contribution in [0.25, 0.3) is 5.82 Å². The van der Waals surface area contributed by atoms with Gasteiger partial charge in [0.05, 0.1) is 7.11 Å². The summed E-state index contributed by atoms with van der Waals surface area (Å²) in [6.07, 6.45) is 7.13. The lowest BCUT2D eigenvalue weighted by atomic mass is 10.2. The van der Waals surface area contributed by atoms with E-state index in [4.69, 9.17) is 4.74 Å². The highest BCUT2D eigenvalue weighted by atomic mass is 16.5. The molecule has 0 unspecified atom stereocenters. The molecule has 3 aromatic rings. The predicted octanol–water partition coefficient (Wildman–Crippen LogP) is 2.14. The number of ether oxygens (including phenoxy) is 1. The molecule has 0 saturated heterocycles. The molecule has 2 heterocycles. The van der Waals surface area contributed by atoms with Crippen molar-refractivity contribution in [1.29, 1.82) is 0 Å². The molecule has 26 heavy (non-hydrogen) atoms. The van der Waals surface area contributed by atoms with Crippen molar-refractivity contribution in [3.05, 3.63) is 72.4 Å². The molecule has 0 saturated carbocycles. The molecular weight excluding hydrogens is 328 g/mol. The lowest BCUT2D eigenvalue weighted by Crippen LogP contribution is -2.36. The van der Waals surface area contributed by atoms with E-state index in [-0.39, 0.29) is 0 Å². The van der Waals surface area contributed by atoms with E-state index in [1.165, 1.54) is 0 Å². The van der Waals surface area contributed by atoms with Crippen molar-refractivity contribution in [2.45, 2.75) is 13.1 Å². The van der Waals surface area contributed by atoms with Gasteiger partial charge in [0.25, 0.3) is 0 Å². The van der Waals surface area contributed by atoms with Crippen molar-refractivity contribution < 1.29 is 4.74 Å². The fourth-order valence-corrected chi connectivity index (χ4v) is 2.44. The van der Waals surface area contributed by atoms with Gasteiger partial charge in [0.2, 0.25) is 0 Å². The van der Waals surface area contributed by atoms with Crippen LogP contribution in [0.3, 0.4) is 0 Å². The number of rotatable bonds is 6. The van der Waals surface area contributed by atoms with Crippen LogP contribution in [0.5, 0.6) is 5.75 Å². The third-order valence-corrected chi connectivity index (χ3v) is 3.88. The van der Waals surface area contributed by atoms with Crippen LogP contribution in [0.2, 0.25) is 0 Å². The van der Waals surface area contributed by atoms with Crippen LogP contribution in [0.15, 0.2) is 66.3 Å². The Balaban J connectivity index is 1.54. The van der Waals surface area contributed by atoms with Crippen molar-refractivity contribution >= 4 is 5.96 Å². The van der Waals surface area contributed by atoms with Gasteiger partial charge >= 0.3 is 0 Å². The maximum atomic E-state index is 5.17. The van der Waals surface area contributed by atoms with E-state index in [2.05, 4.69) is 25.6 Å². The highest BCUT2D eigenvalue weighted by Gasteiger charge is 2.02. The highest BCUT2D eigenvalue weighted by molar-refractivity contribution is 5.79. The minimum atomic E-state index is 0.645. The molecule has 0 spiro atoms. The molecule has 134 valence electrons. The molecule has 0 fully saturated rings. The zero-order valence-corrected chi connectivity index (χ0v) is 14.9. The van der Waals surface area contributed by atoms with Gasteiger partial charge in [-0.15, -0.1) is 0 Å². The quantitative estimate of drug-likeness (QED) is 0.526. The summed E-state index contributed by atoms with van der Waals surface area (Å²) in [5, 5.41) is 6.62. The van der Waals surface area contributed by atoms with Crippen molar-refractivity contribution in [3.8, 4) is 11.6 Å². The summed E-state index contributed by atoms with van der Waals surface area (Å²) in [7, 11) is 3.42. The van der Waals surface area contributed by atoms with Crippen LogP contribution < -0.4 is 15.4 Å². The number of hydrogen-bond donors (Lipinski definition) is 2. The number of aromatic nitrogens is 3. The summed E-state index contributed by atoms with van der Waals surface area (Å²) in [5.41, 5.74) is 2.26. The first-order valence-corrected chi connectivity index (χ1v) is 8.29. The average molecular weight is 350 g/mol. The Labute approximate surface area is 152 Å². The van der Waals surface area contributed by atoms with Gasteiger partial charge in [-0.3, -0.25) is 9.56 Å². The van der Waals surface area contributed by atoms with Crippen LogP contribution in [0, 0.1) is 0 Å². The van der Waals surface area contributed by atoms with E-state index in [1.54, 1.807) is 32.9 Å². The van der Waals surface area contributed by atoms with Crippen molar-refractivity contribution in [2.75, 3.05) is 14.2 Å². The zero-order chi connectivity index (χ0) is 18.2. The maximum absolute atomic E-state index is 5.17. The Kier molecular flexibility index (Phi) is 5.82. The number of pyridine rings is 1. The van der Waals surface area contributed by atoms with Gasteiger partial charge in [-0.05, 0) is 35.4 Å². The number of imidazole rings is 1. The molecule has 7 nitrogen and oxygen atoms in total. The molecule has 0 aliphatic heterocycles. The van der Waals surface area contributed by atoms with Crippen LogP contribution >= 0.6 is 0 Å². The second kappa shape index (κ2) is 8.66. The minimum absolute atomic E-state index is 0.645. The standard InChI is InChI=1S/C19H22N6O/c1-20-19(23-12-15-3-5-17(26-2)6-4-15)24-13-16-7-8-22-18(11-16)25-10-9-21-14-25/h3-11,14H,12-13H2,1-2H3,(H2,20,23,24). The molecule has 7 heteroatoms. The van der Waals surface area contributed by atoms with Gasteiger partial charge in [0.1, 0.15) is 17.9 Å². The van der Waals surface area contributed by atoms with Crippen molar-refractivity contribution in [1.82, 2.24) is 25.2 Å².